The Bertz CT molecular complexity index is 447. The smallest absolute Gasteiger partial charge is 0.149 e. The molecule has 1 heterocycles. The summed E-state index contributed by atoms with van der Waals surface area (Å²) < 4.78 is 0. The Kier molecular flexibility index (Phi) is 3.01. The summed E-state index contributed by atoms with van der Waals surface area (Å²) >= 11 is 0. The largest absolute Gasteiger partial charge is 0.386 e. The van der Waals surface area contributed by atoms with Crippen LogP contribution in [0, 0.1) is 0 Å². The summed E-state index contributed by atoms with van der Waals surface area (Å²) in [5, 5.41) is 13.9. The van der Waals surface area contributed by atoms with Crippen molar-refractivity contribution in [3.63, 3.8) is 0 Å². The second-order valence-electron chi connectivity index (χ2n) is 3.96. The Labute approximate surface area is 94.7 Å². The number of fused-ring (bicyclic) bond motifs is 1. The molecule has 4 nitrogen and oxygen atoms in total. The van der Waals surface area contributed by atoms with Gasteiger partial charge >= 0.3 is 0 Å². The molecule has 0 saturated carbocycles. The summed E-state index contributed by atoms with van der Waals surface area (Å²) in [6.45, 7) is 4.21. The van der Waals surface area contributed by atoms with Crippen LogP contribution in [0.3, 0.4) is 0 Å². The lowest BCUT2D eigenvalue weighted by molar-refractivity contribution is 0.185. The van der Waals surface area contributed by atoms with Gasteiger partial charge in [0.2, 0.25) is 0 Å². The minimum atomic E-state index is -0.506. The van der Waals surface area contributed by atoms with Gasteiger partial charge in [-0.2, -0.15) is 5.10 Å². The number of benzene rings is 1. The lowest BCUT2D eigenvalue weighted by atomic mass is 9.99. The van der Waals surface area contributed by atoms with Gasteiger partial charge < -0.3 is 5.11 Å². The molecule has 1 atom stereocenters. The summed E-state index contributed by atoms with van der Waals surface area (Å²) in [4.78, 5) is 4.27. The Morgan fingerprint density at radius 1 is 1.44 bits per heavy atom. The fraction of sp³-hybridized carbons (Fsp3) is 0.333. The van der Waals surface area contributed by atoms with Crippen LogP contribution >= 0.6 is 0 Å². The first kappa shape index (κ1) is 10.8. The van der Waals surface area contributed by atoms with Crippen molar-refractivity contribution in [2.45, 2.75) is 20.0 Å². The number of hydrazone groups is 1. The van der Waals surface area contributed by atoms with E-state index in [9.17, 15) is 5.11 Å². The van der Waals surface area contributed by atoms with Gasteiger partial charge in [0.1, 0.15) is 5.84 Å². The predicted octanol–water partition coefficient (Wildman–Crippen LogP) is 1.47. The van der Waals surface area contributed by atoms with E-state index in [4.69, 9.17) is 0 Å². The molecule has 0 aromatic heterocycles. The average Bonchev–Trinajstić information content (AvgIpc) is 2.28. The van der Waals surface area contributed by atoms with Crippen LogP contribution < -0.4 is 5.43 Å². The molecule has 0 fully saturated rings. The minimum absolute atomic E-state index is 0.387. The number of amidine groups is 1. The molecule has 1 unspecified atom stereocenters. The number of aliphatic hydroxyl groups excluding tert-OH is 1. The third-order valence-corrected chi connectivity index (χ3v) is 2.38. The Morgan fingerprint density at radius 3 is 2.94 bits per heavy atom. The number of aliphatic imine (C=N–C) groups is 1. The second-order valence-corrected chi connectivity index (χ2v) is 3.96. The molecular formula is C12H15N3O. The van der Waals surface area contributed by atoms with Gasteiger partial charge in [0, 0.05) is 11.3 Å². The van der Waals surface area contributed by atoms with Crippen molar-refractivity contribution in [3.8, 4) is 0 Å². The normalized spacial score (nSPS) is 18.4. The monoisotopic (exact) mass is 217 g/mol. The Hall–Kier alpha value is -1.68. The third kappa shape index (κ3) is 2.12. The number of rotatable bonds is 1. The SMILES string of the molecule is CC(C)=NNC1=NCC(O)c2ccccc21. The van der Waals surface area contributed by atoms with Crippen LogP contribution in [-0.4, -0.2) is 23.2 Å². The molecule has 0 spiro atoms. The van der Waals surface area contributed by atoms with Crippen molar-refractivity contribution in [2.75, 3.05) is 6.54 Å². The van der Waals surface area contributed by atoms with Crippen molar-refractivity contribution in [3.05, 3.63) is 35.4 Å². The molecule has 0 radical (unpaired) electrons. The van der Waals surface area contributed by atoms with Crippen LogP contribution in [0.25, 0.3) is 0 Å². The van der Waals surface area contributed by atoms with E-state index in [1.807, 2.05) is 38.1 Å². The van der Waals surface area contributed by atoms with Gasteiger partial charge in [-0.25, -0.2) is 0 Å². The number of aliphatic hydroxyl groups is 1. The highest BCUT2D eigenvalue weighted by Gasteiger charge is 2.19. The highest BCUT2D eigenvalue weighted by atomic mass is 16.3. The quantitative estimate of drug-likeness (QED) is 0.552. The van der Waals surface area contributed by atoms with E-state index in [0.717, 1.165) is 22.7 Å². The van der Waals surface area contributed by atoms with E-state index >= 15 is 0 Å². The number of nitrogens with zero attached hydrogens (tertiary/aromatic N) is 2. The number of nitrogens with one attached hydrogen (secondary N) is 1. The first-order chi connectivity index (χ1) is 7.68. The zero-order valence-corrected chi connectivity index (χ0v) is 9.44. The molecule has 2 rings (SSSR count). The fourth-order valence-electron chi connectivity index (χ4n) is 1.62. The van der Waals surface area contributed by atoms with E-state index in [-0.39, 0.29) is 0 Å². The molecule has 1 aliphatic heterocycles. The zero-order valence-electron chi connectivity index (χ0n) is 9.44. The third-order valence-electron chi connectivity index (χ3n) is 2.38. The molecule has 0 saturated heterocycles. The summed E-state index contributed by atoms with van der Waals surface area (Å²) in [7, 11) is 0. The van der Waals surface area contributed by atoms with Gasteiger partial charge in [-0.15, -0.1) is 0 Å². The van der Waals surface area contributed by atoms with Crippen molar-refractivity contribution in [1.29, 1.82) is 0 Å². The average molecular weight is 217 g/mol. The van der Waals surface area contributed by atoms with E-state index in [1.165, 1.54) is 0 Å². The number of hydrogen-bond donors (Lipinski definition) is 2. The first-order valence-electron chi connectivity index (χ1n) is 5.27. The standard InChI is InChI=1S/C12H15N3O/c1-8(2)14-15-12-10-6-4-3-5-9(10)11(16)7-13-12/h3-6,11,16H,7H2,1-2H3,(H,13,15). The Morgan fingerprint density at radius 2 is 2.19 bits per heavy atom. The molecule has 0 aliphatic carbocycles. The lowest BCUT2D eigenvalue weighted by Crippen LogP contribution is -2.27. The second kappa shape index (κ2) is 4.45. The Balaban J connectivity index is 2.32. The molecule has 2 N–H and O–H groups in total. The van der Waals surface area contributed by atoms with Gasteiger partial charge in [-0.3, -0.25) is 10.4 Å². The maximum Gasteiger partial charge on any atom is 0.149 e. The van der Waals surface area contributed by atoms with Crippen molar-refractivity contribution in [1.82, 2.24) is 5.43 Å². The maximum atomic E-state index is 9.79. The zero-order chi connectivity index (χ0) is 11.5. The van der Waals surface area contributed by atoms with Crippen LogP contribution in [0.2, 0.25) is 0 Å². The fourth-order valence-corrected chi connectivity index (χ4v) is 1.62. The van der Waals surface area contributed by atoms with Crippen LogP contribution in [0.15, 0.2) is 34.4 Å². The van der Waals surface area contributed by atoms with Crippen LogP contribution in [0.4, 0.5) is 0 Å². The van der Waals surface area contributed by atoms with Gasteiger partial charge in [-0.1, -0.05) is 24.3 Å². The molecule has 16 heavy (non-hydrogen) atoms. The molecule has 1 aliphatic rings. The molecular weight excluding hydrogens is 202 g/mol. The van der Waals surface area contributed by atoms with E-state index in [2.05, 4.69) is 15.5 Å². The van der Waals surface area contributed by atoms with Gasteiger partial charge in [0.15, 0.2) is 0 Å². The summed E-state index contributed by atoms with van der Waals surface area (Å²) in [5.41, 5.74) is 5.69. The maximum absolute atomic E-state index is 9.79. The molecule has 1 aromatic rings. The highest BCUT2D eigenvalue weighted by Crippen LogP contribution is 2.22. The molecule has 0 bridgehead atoms. The van der Waals surface area contributed by atoms with Gasteiger partial charge in [0.25, 0.3) is 0 Å². The topological polar surface area (TPSA) is 57.0 Å². The van der Waals surface area contributed by atoms with Crippen LogP contribution in [-0.2, 0) is 0 Å². The summed E-state index contributed by atoms with van der Waals surface area (Å²) in [5.74, 6) is 0.724. The summed E-state index contributed by atoms with van der Waals surface area (Å²) in [6, 6.07) is 7.69. The molecule has 4 heteroatoms. The number of hydrogen-bond acceptors (Lipinski definition) is 4. The van der Waals surface area contributed by atoms with Gasteiger partial charge in [0.05, 0.1) is 12.6 Å². The van der Waals surface area contributed by atoms with Crippen molar-refractivity contribution >= 4 is 11.5 Å². The minimum Gasteiger partial charge on any atom is -0.386 e. The van der Waals surface area contributed by atoms with E-state index in [0.29, 0.717) is 6.54 Å². The summed E-state index contributed by atoms with van der Waals surface area (Å²) in [6.07, 6.45) is -0.506. The highest BCUT2D eigenvalue weighted by molar-refractivity contribution is 6.01. The first-order valence-corrected chi connectivity index (χ1v) is 5.27. The van der Waals surface area contributed by atoms with Crippen molar-refractivity contribution in [2.24, 2.45) is 10.1 Å². The van der Waals surface area contributed by atoms with Gasteiger partial charge in [-0.05, 0) is 19.4 Å². The molecule has 84 valence electrons. The predicted molar refractivity (Wildman–Crippen MR) is 64.7 cm³/mol. The van der Waals surface area contributed by atoms with Crippen molar-refractivity contribution < 1.29 is 5.11 Å². The lowest BCUT2D eigenvalue weighted by Gasteiger charge is -2.20. The van der Waals surface area contributed by atoms with E-state index in [1.54, 1.807) is 0 Å². The molecule has 1 aromatic carbocycles. The van der Waals surface area contributed by atoms with Crippen LogP contribution in [0.5, 0.6) is 0 Å². The molecule has 0 amide bonds. The van der Waals surface area contributed by atoms with E-state index < -0.39 is 6.10 Å². The van der Waals surface area contributed by atoms with Crippen LogP contribution in [0.1, 0.15) is 31.1 Å².